The van der Waals surface area contributed by atoms with Crippen LogP contribution in [0, 0.1) is 0 Å². The Hall–Kier alpha value is -1.82. The first kappa shape index (κ1) is 17.6. The molecule has 2 saturated carbocycles. The van der Waals surface area contributed by atoms with Crippen molar-refractivity contribution in [1.29, 1.82) is 0 Å². The number of nitrogens with one attached hydrogen (secondary N) is 2. The maximum Gasteiger partial charge on any atom is 0.315 e. The number of urea groups is 1. The molecule has 6 nitrogen and oxygen atoms in total. The zero-order valence-corrected chi connectivity index (χ0v) is 15.5. The molecule has 0 radical (unpaired) electrons. The second-order valence-electron chi connectivity index (χ2n) is 7.92. The fourth-order valence-corrected chi connectivity index (χ4v) is 4.07. The van der Waals surface area contributed by atoms with Crippen LogP contribution in [0.25, 0.3) is 0 Å². The van der Waals surface area contributed by atoms with Crippen molar-refractivity contribution in [2.24, 2.45) is 0 Å². The Bertz CT molecular complexity index is 614. The number of rotatable bonds is 6. The molecule has 1 saturated heterocycles. The van der Waals surface area contributed by atoms with Crippen molar-refractivity contribution in [2.45, 2.75) is 76.1 Å². The summed E-state index contributed by atoms with van der Waals surface area (Å²) in [4.78, 5) is 19.0. The van der Waals surface area contributed by atoms with Gasteiger partial charge in [0.15, 0.2) is 0 Å². The van der Waals surface area contributed by atoms with Crippen LogP contribution in [0.3, 0.4) is 0 Å². The molecule has 26 heavy (non-hydrogen) atoms. The SMILES string of the molecule is O=C(NCc1ccnc(OC2CCCCC2)c1)NC1CCN(C2CC2)C1. The van der Waals surface area contributed by atoms with Crippen molar-refractivity contribution in [3.05, 3.63) is 23.9 Å². The number of hydrogen-bond donors (Lipinski definition) is 2. The first-order valence-electron chi connectivity index (χ1n) is 10.2. The molecule has 2 heterocycles. The molecule has 3 fully saturated rings. The van der Waals surface area contributed by atoms with E-state index in [9.17, 15) is 4.79 Å². The quantitative estimate of drug-likeness (QED) is 0.821. The summed E-state index contributed by atoms with van der Waals surface area (Å²) in [6, 6.07) is 4.85. The monoisotopic (exact) mass is 358 g/mol. The number of pyridine rings is 1. The third-order valence-corrected chi connectivity index (χ3v) is 5.71. The van der Waals surface area contributed by atoms with Gasteiger partial charge in [0.05, 0.1) is 0 Å². The number of amides is 2. The highest BCUT2D eigenvalue weighted by molar-refractivity contribution is 5.74. The van der Waals surface area contributed by atoms with Gasteiger partial charge in [-0.1, -0.05) is 6.42 Å². The van der Waals surface area contributed by atoms with Crippen LogP contribution in [-0.2, 0) is 6.54 Å². The van der Waals surface area contributed by atoms with Gasteiger partial charge in [-0.2, -0.15) is 0 Å². The Morgan fingerprint density at radius 2 is 2.04 bits per heavy atom. The molecule has 1 atom stereocenters. The minimum Gasteiger partial charge on any atom is -0.474 e. The van der Waals surface area contributed by atoms with Gasteiger partial charge >= 0.3 is 6.03 Å². The predicted molar refractivity (Wildman–Crippen MR) is 100 cm³/mol. The maximum absolute atomic E-state index is 12.2. The first-order valence-corrected chi connectivity index (χ1v) is 10.2. The molecular formula is C20H30N4O2. The Kier molecular flexibility index (Phi) is 5.58. The average Bonchev–Trinajstić information content (AvgIpc) is 3.41. The maximum atomic E-state index is 12.2. The van der Waals surface area contributed by atoms with Crippen LogP contribution < -0.4 is 15.4 Å². The summed E-state index contributed by atoms with van der Waals surface area (Å²) in [7, 11) is 0. The van der Waals surface area contributed by atoms with Gasteiger partial charge in [-0.25, -0.2) is 9.78 Å². The van der Waals surface area contributed by atoms with Gasteiger partial charge in [-0.3, -0.25) is 4.90 Å². The topological polar surface area (TPSA) is 66.5 Å². The van der Waals surface area contributed by atoms with Gasteiger partial charge in [0.1, 0.15) is 6.10 Å². The number of nitrogens with zero attached hydrogens (tertiary/aromatic N) is 2. The Balaban J connectivity index is 1.21. The number of hydrogen-bond acceptors (Lipinski definition) is 4. The van der Waals surface area contributed by atoms with Gasteiger partial charge in [0, 0.05) is 44.0 Å². The highest BCUT2D eigenvalue weighted by Crippen LogP contribution is 2.29. The van der Waals surface area contributed by atoms with Crippen LogP contribution in [0.1, 0.15) is 56.9 Å². The van der Waals surface area contributed by atoms with Crippen molar-refractivity contribution in [1.82, 2.24) is 20.5 Å². The van der Waals surface area contributed by atoms with Crippen molar-refractivity contribution >= 4 is 6.03 Å². The molecular weight excluding hydrogens is 328 g/mol. The number of carbonyl (C=O) groups excluding carboxylic acids is 1. The third kappa shape index (κ3) is 4.87. The van der Waals surface area contributed by atoms with Crippen molar-refractivity contribution in [3.63, 3.8) is 0 Å². The Morgan fingerprint density at radius 3 is 2.85 bits per heavy atom. The molecule has 1 aromatic heterocycles. The van der Waals surface area contributed by atoms with Crippen LogP contribution in [0.4, 0.5) is 4.79 Å². The lowest BCUT2D eigenvalue weighted by atomic mass is 9.98. The largest absolute Gasteiger partial charge is 0.474 e. The van der Waals surface area contributed by atoms with E-state index in [4.69, 9.17) is 4.74 Å². The number of aromatic nitrogens is 1. The second kappa shape index (κ2) is 8.25. The van der Waals surface area contributed by atoms with Gasteiger partial charge < -0.3 is 15.4 Å². The molecule has 1 aromatic rings. The van der Waals surface area contributed by atoms with E-state index < -0.39 is 0 Å². The molecule has 0 aromatic carbocycles. The lowest BCUT2D eigenvalue weighted by Gasteiger charge is -2.22. The van der Waals surface area contributed by atoms with E-state index in [2.05, 4.69) is 20.5 Å². The van der Waals surface area contributed by atoms with Crippen LogP contribution >= 0.6 is 0 Å². The van der Waals surface area contributed by atoms with E-state index in [-0.39, 0.29) is 12.1 Å². The molecule has 1 aliphatic heterocycles. The fraction of sp³-hybridized carbons (Fsp3) is 0.700. The van der Waals surface area contributed by atoms with Gasteiger partial charge in [0.2, 0.25) is 5.88 Å². The lowest BCUT2D eigenvalue weighted by molar-refractivity contribution is 0.148. The Labute approximate surface area is 155 Å². The van der Waals surface area contributed by atoms with Crippen molar-refractivity contribution < 1.29 is 9.53 Å². The highest BCUT2D eigenvalue weighted by atomic mass is 16.5. The molecule has 142 valence electrons. The van der Waals surface area contributed by atoms with E-state index in [1.807, 2.05) is 12.1 Å². The summed E-state index contributed by atoms with van der Waals surface area (Å²) in [5, 5.41) is 6.07. The lowest BCUT2D eigenvalue weighted by Crippen LogP contribution is -2.43. The van der Waals surface area contributed by atoms with E-state index >= 15 is 0 Å². The first-order chi connectivity index (χ1) is 12.8. The van der Waals surface area contributed by atoms with Crippen LogP contribution in [0.2, 0.25) is 0 Å². The van der Waals surface area contributed by atoms with Crippen LogP contribution in [0.15, 0.2) is 18.3 Å². The minimum atomic E-state index is -0.0841. The van der Waals surface area contributed by atoms with Gasteiger partial charge in [-0.05, 0) is 56.6 Å². The summed E-state index contributed by atoms with van der Waals surface area (Å²) in [6.45, 7) is 2.60. The molecule has 4 rings (SSSR count). The summed E-state index contributed by atoms with van der Waals surface area (Å²) >= 11 is 0. The number of likely N-dealkylation sites (tertiary alicyclic amines) is 1. The molecule has 2 N–H and O–H groups in total. The molecule has 0 bridgehead atoms. The fourth-order valence-electron chi connectivity index (χ4n) is 4.07. The molecule has 3 aliphatic rings. The smallest absolute Gasteiger partial charge is 0.315 e. The van der Waals surface area contributed by atoms with Crippen molar-refractivity contribution in [2.75, 3.05) is 13.1 Å². The molecule has 2 aliphatic carbocycles. The summed E-state index contributed by atoms with van der Waals surface area (Å²) in [6.07, 6.45) is 11.8. The van der Waals surface area contributed by atoms with E-state index in [0.29, 0.717) is 18.5 Å². The summed E-state index contributed by atoms with van der Waals surface area (Å²) in [5.41, 5.74) is 1.02. The number of carbonyl (C=O) groups is 1. The van der Waals surface area contributed by atoms with Gasteiger partial charge in [0.25, 0.3) is 0 Å². The molecule has 0 spiro atoms. The van der Waals surface area contributed by atoms with E-state index in [1.165, 1.54) is 32.1 Å². The zero-order valence-electron chi connectivity index (χ0n) is 15.5. The van der Waals surface area contributed by atoms with E-state index in [0.717, 1.165) is 44.0 Å². The number of ether oxygens (including phenoxy) is 1. The van der Waals surface area contributed by atoms with Crippen LogP contribution in [0.5, 0.6) is 5.88 Å². The standard InChI is InChI=1S/C20H30N4O2/c25-20(23-16-9-11-24(14-16)17-6-7-17)22-13-15-8-10-21-19(12-15)26-18-4-2-1-3-5-18/h8,10,12,16-18H,1-7,9,11,13-14H2,(H2,22,23,25). The Morgan fingerprint density at radius 1 is 1.19 bits per heavy atom. The molecule has 2 amide bonds. The highest BCUT2D eigenvalue weighted by Gasteiger charge is 2.34. The summed E-state index contributed by atoms with van der Waals surface area (Å²) < 4.78 is 6.01. The molecule has 6 heteroatoms. The van der Waals surface area contributed by atoms with Gasteiger partial charge in [-0.15, -0.1) is 0 Å². The minimum absolute atomic E-state index is 0.0841. The third-order valence-electron chi connectivity index (χ3n) is 5.71. The zero-order chi connectivity index (χ0) is 17.8. The van der Waals surface area contributed by atoms with Crippen molar-refractivity contribution in [3.8, 4) is 5.88 Å². The molecule has 1 unspecified atom stereocenters. The normalized spacial score (nSPS) is 24.4. The second-order valence-corrected chi connectivity index (χ2v) is 7.92. The summed E-state index contributed by atoms with van der Waals surface area (Å²) in [5.74, 6) is 0.674. The van der Waals surface area contributed by atoms with Crippen LogP contribution in [-0.4, -0.2) is 47.2 Å². The van der Waals surface area contributed by atoms with E-state index in [1.54, 1.807) is 6.20 Å². The average molecular weight is 358 g/mol. The predicted octanol–water partition coefficient (Wildman–Crippen LogP) is 2.83.